The van der Waals surface area contributed by atoms with Crippen LogP contribution in [0.15, 0.2) is 42.5 Å². The fraction of sp³-hybridized carbons (Fsp3) is 0.278. The normalized spacial score (nSPS) is 16.4. The van der Waals surface area contributed by atoms with E-state index in [0.29, 0.717) is 30.0 Å². The predicted octanol–water partition coefficient (Wildman–Crippen LogP) is 2.06. The Kier molecular flexibility index (Phi) is 4.67. The molecule has 132 valence electrons. The lowest BCUT2D eigenvalue weighted by Crippen LogP contribution is -2.40. The van der Waals surface area contributed by atoms with Crippen LogP contribution < -0.4 is 16.0 Å². The highest BCUT2D eigenvalue weighted by Gasteiger charge is 2.22. The topological polar surface area (TPSA) is 92.5 Å². The second kappa shape index (κ2) is 6.76. The molecule has 1 aliphatic heterocycles. The number of nitrogens with two attached hydrogens (primary N) is 1. The van der Waals surface area contributed by atoms with Crippen LogP contribution in [0.2, 0.25) is 0 Å². The molecule has 7 heteroatoms. The zero-order valence-corrected chi connectivity index (χ0v) is 14.8. The summed E-state index contributed by atoms with van der Waals surface area (Å²) in [5.74, 6) is 0.0983. The summed E-state index contributed by atoms with van der Waals surface area (Å²) in [7, 11) is -2.92. The standard InChI is InChI=1S/C18H21N3O3S/c1-13-5-6-14(19)11-17(13)18(22)20-15-3-2-4-16(12-15)21-7-9-25(23,24)10-8-21/h2-6,11-12H,7-10,19H2,1H3,(H,20,22). The third-order valence-electron chi connectivity index (χ3n) is 4.32. The van der Waals surface area contributed by atoms with Crippen LogP contribution in [0.25, 0.3) is 0 Å². The molecule has 25 heavy (non-hydrogen) atoms. The molecule has 1 aliphatic rings. The maximum absolute atomic E-state index is 12.5. The van der Waals surface area contributed by atoms with Crippen molar-refractivity contribution in [3.05, 3.63) is 53.6 Å². The Labute approximate surface area is 147 Å². The van der Waals surface area contributed by atoms with E-state index in [1.54, 1.807) is 12.1 Å². The summed E-state index contributed by atoms with van der Waals surface area (Å²) in [6, 6.07) is 12.7. The Bertz CT molecular complexity index is 896. The summed E-state index contributed by atoms with van der Waals surface area (Å²) < 4.78 is 23.1. The van der Waals surface area contributed by atoms with Gasteiger partial charge in [-0.05, 0) is 42.8 Å². The van der Waals surface area contributed by atoms with Crippen molar-refractivity contribution in [3.63, 3.8) is 0 Å². The van der Waals surface area contributed by atoms with Crippen LogP contribution >= 0.6 is 0 Å². The van der Waals surface area contributed by atoms with Crippen LogP contribution in [-0.2, 0) is 9.84 Å². The van der Waals surface area contributed by atoms with E-state index < -0.39 is 9.84 Å². The van der Waals surface area contributed by atoms with E-state index in [1.807, 2.05) is 42.2 Å². The number of aryl methyl sites for hydroxylation is 1. The summed E-state index contributed by atoms with van der Waals surface area (Å²) in [6.07, 6.45) is 0. The van der Waals surface area contributed by atoms with Gasteiger partial charge in [-0.2, -0.15) is 0 Å². The molecule has 2 aromatic rings. The van der Waals surface area contributed by atoms with Crippen molar-refractivity contribution < 1.29 is 13.2 Å². The second-order valence-electron chi connectivity index (χ2n) is 6.22. The molecule has 1 amide bonds. The zero-order valence-electron chi connectivity index (χ0n) is 14.0. The molecule has 0 atom stereocenters. The third-order valence-corrected chi connectivity index (χ3v) is 5.93. The summed E-state index contributed by atoms with van der Waals surface area (Å²) >= 11 is 0. The van der Waals surface area contributed by atoms with Gasteiger partial charge in [-0.1, -0.05) is 12.1 Å². The van der Waals surface area contributed by atoms with E-state index in [4.69, 9.17) is 5.73 Å². The van der Waals surface area contributed by atoms with E-state index in [-0.39, 0.29) is 17.4 Å². The number of benzene rings is 2. The molecular weight excluding hydrogens is 338 g/mol. The third kappa shape index (κ3) is 4.11. The summed E-state index contributed by atoms with van der Waals surface area (Å²) in [5.41, 5.74) is 9.26. The SMILES string of the molecule is Cc1ccc(N)cc1C(=O)Nc1cccc(N2CCS(=O)(=O)CC2)c1. The van der Waals surface area contributed by atoms with E-state index in [1.165, 1.54) is 0 Å². The Morgan fingerprint density at radius 1 is 1.12 bits per heavy atom. The van der Waals surface area contributed by atoms with Gasteiger partial charge in [0, 0.05) is 35.7 Å². The molecule has 0 saturated carbocycles. The van der Waals surface area contributed by atoms with Gasteiger partial charge in [-0.3, -0.25) is 4.79 Å². The molecule has 1 saturated heterocycles. The van der Waals surface area contributed by atoms with Crippen molar-refractivity contribution in [1.82, 2.24) is 0 Å². The van der Waals surface area contributed by atoms with E-state index >= 15 is 0 Å². The molecule has 2 aromatic carbocycles. The Hall–Kier alpha value is -2.54. The molecule has 0 aliphatic carbocycles. The maximum Gasteiger partial charge on any atom is 0.256 e. The molecule has 6 nitrogen and oxygen atoms in total. The van der Waals surface area contributed by atoms with Gasteiger partial charge in [0.05, 0.1) is 11.5 Å². The van der Waals surface area contributed by atoms with Gasteiger partial charge in [0.25, 0.3) is 5.91 Å². The number of carbonyl (C=O) groups is 1. The predicted molar refractivity (Wildman–Crippen MR) is 101 cm³/mol. The molecule has 3 rings (SSSR count). The minimum atomic E-state index is -2.92. The number of amides is 1. The van der Waals surface area contributed by atoms with Crippen molar-refractivity contribution in [1.29, 1.82) is 0 Å². The van der Waals surface area contributed by atoms with Crippen molar-refractivity contribution in [2.24, 2.45) is 0 Å². The molecule has 0 radical (unpaired) electrons. The number of nitrogen functional groups attached to an aromatic ring is 1. The monoisotopic (exact) mass is 359 g/mol. The lowest BCUT2D eigenvalue weighted by Gasteiger charge is -2.29. The quantitative estimate of drug-likeness (QED) is 0.819. The minimum absolute atomic E-state index is 0.159. The first-order chi connectivity index (χ1) is 11.8. The fourth-order valence-corrected chi connectivity index (χ4v) is 4.03. The van der Waals surface area contributed by atoms with Crippen LogP contribution in [0.4, 0.5) is 17.1 Å². The first kappa shape index (κ1) is 17.3. The molecule has 0 spiro atoms. The van der Waals surface area contributed by atoms with Gasteiger partial charge in [-0.25, -0.2) is 8.42 Å². The number of hydrogen-bond acceptors (Lipinski definition) is 5. The zero-order chi connectivity index (χ0) is 18.0. The molecule has 1 fully saturated rings. The van der Waals surface area contributed by atoms with Gasteiger partial charge in [-0.15, -0.1) is 0 Å². The van der Waals surface area contributed by atoms with Crippen molar-refractivity contribution in [2.75, 3.05) is 40.5 Å². The number of rotatable bonds is 3. The summed E-state index contributed by atoms with van der Waals surface area (Å²) in [4.78, 5) is 14.5. The Balaban J connectivity index is 1.76. The van der Waals surface area contributed by atoms with Crippen molar-refractivity contribution in [2.45, 2.75) is 6.92 Å². The fourth-order valence-electron chi connectivity index (χ4n) is 2.83. The van der Waals surface area contributed by atoms with Crippen LogP contribution in [-0.4, -0.2) is 38.9 Å². The van der Waals surface area contributed by atoms with E-state index in [0.717, 1.165) is 11.3 Å². The lowest BCUT2D eigenvalue weighted by molar-refractivity contribution is 0.102. The van der Waals surface area contributed by atoms with Crippen LogP contribution in [0.3, 0.4) is 0 Å². The Morgan fingerprint density at radius 3 is 2.56 bits per heavy atom. The summed E-state index contributed by atoms with van der Waals surface area (Å²) in [6.45, 7) is 2.79. The van der Waals surface area contributed by atoms with Crippen molar-refractivity contribution >= 4 is 32.8 Å². The van der Waals surface area contributed by atoms with Gasteiger partial charge in [0.1, 0.15) is 0 Å². The molecule has 0 unspecified atom stereocenters. The Morgan fingerprint density at radius 2 is 1.84 bits per heavy atom. The average Bonchev–Trinajstić information content (AvgIpc) is 2.57. The van der Waals surface area contributed by atoms with Crippen LogP contribution in [0, 0.1) is 6.92 Å². The minimum Gasteiger partial charge on any atom is -0.399 e. The average molecular weight is 359 g/mol. The van der Waals surface area contributed by atoms with Gasteiger partial charge >= 0.3 is 0 Å². The number of hydrogen-bond donors (Lipinski definition) is 2. The highest BCUT2D eigenvalue weighted by molar-refractivity contribution is 7.91. The first-order valence-electron chi connectivity index (χ1n) is 8.07. The molecule has 0 aromatic heterocycles. The second-order valence-corrected chi connectivity index (χ2v) is 8.52. The van der Waals surface area contributed by atoms with Gasteiger partial charge in [0.2, 0.25) is 0 Å². The van der Waals surface area contributed by atoms with Crippen molar-refractivity contribution in [3.8, 4) is 0 Å². The number of carbonyl (C=O) groups excluding carboxylic acids is 1. The largest absolute Gasteiger partial charge is 0.399 e. The number of nitrogens with zero attached hydrogens (tertiary/aromatic N) is 1. The number of sulfone groups is 1. The number of anilines is 3. The highest BCUT2D eigenvalue weighted by atomic mass is 32.2. The molecule has 1 heterocycles. The smallest absolute Gasteiger partial charge is 0.256 e. The van der Waals surface area contributed by atoms with E-state index in [9.17, 15) is 13.2 Å². The first-order valence-corrected chi connectivity index (χ1v) is 9.89. The molecule has 3 N–H and O–H groups in total. The van der Waals surface area contributed by atoms with Gasteiger partial charge < -0.3 is 16.0 Å². The highest BCUT2D eigenvalue weighted by Crippen LogP contribution is 2.22. The number of nitrogens with one attached hydrogen (secondary N) is 1. The maximum atomic E-state index is 12.5. The van der Waals surface area contributed by atoms with Crippen LogP contribution in [0.5, 0.6) is 0 Å². The lowest BCUT2D eigenvalue weighted by atomic mass is 10.1. The van der Waals surface area contributed by atoms with Gasteiger partial charge in [0.15, 0.2) is 9.84 Å². The summed E-state index contributed by atoms with van der Waals surface area (Å²) in [5, 5.41) is 2.88. The molecular formula is C18H21N3O3S. The van der Waals surface area contributed by atoms with E-state index in [2.05, 4.69) is 5.32 Å². The van der Waals surface area contributed by atoms with Crippen LogP contribution in [0.1, 0.15) is 15.9 Å². The molecule has 0 bridgehead atoms.